The number of halogens is 2. The molecule has 4 aromatic rings. The lowest BCUT2D eigenvalue weighted by molar-refractivity contribution is -0.384. The zero-order valence-electron chi connectivity index (χ0n) is 22.9. The fourth-order valence-electron chi connectivity index (χ4n) is 2.83. The van der Waals surface area contributed by atoms with Gasteiger partial charge >= 0.3 is 0 Å². The number of allylic oxidation sites excluding steroid dienone is 2. The van der Waals surface area contributed by atoms with E-state index in [0.29, 0.717) is 24.1 Å². The van der Waals surface area contributed by atoms with Crippen molar-refractivity contribution in [1.29, 1.82) is 0 Å². The molecule has 4 N–H and O–H groups in total. The first-order valence-electron chi connectivity index (χ1n) is 12.0. The number of nitro benzene ring substituents is 2. The molecule has 12 nitrogen and oxygen atoms in total. The van der Waals surface area contributed by atoms with Gasteiger partial charge in [-0.3, -0.25) is 29.8 Å². The number of benzene rings is 4. The summed E-state index contributed by atoms with van der Waals surface area (Å²) >= 11 is 11.9. The van der Waals surface area contributed by atoms with Crippen LogP contribution in [0.3, 0.4) is 0 Å². The number of hydrogen-bond acceptors (Lipinski definition) is 10. The third kappa shape index (κ3) is 11.6. The maximum Gasteiger partial charge on any atom is 0.293 e. The van der Waals surface area contributed by atoms with E-state index < -0.39 is 9.85 Å². The second kappa shape index (κ2) is 19.4. The Kier molecular flexibility index (Phi) is 16.0. The molecule has 0 bridgehead atoms. The van der Waals surface area contributed by atoms with Crippen LogP contribution in [0.25, 0.3) is 0 Å². The Morgan fingerprint density at radius 3 is 1.16 bits per heavy atom. The molecule has 228 valence electrons. The number of anilines is 2. The minimum Gasteiger partial charge on any atom is -0.456 e. The van der Waals surface area contributed by atoms with Crippen LogP contribution in [0.2, 0.25) is 10.0 Å². The van der Waals surface area contributed by atoms with E-state index in [0.717, 1.165) is 0 Å². The number of nitrogens with zero attached hydrogens (tertiary/aromatic N) is 2. The van der Waals surface area contributed by atoms with Crippen LogP contribution in [0.5, 0.6) is 23.0 Å². The summed E-state index contributed by atoms with van der Waals surface area (Å²) in [6.07, 6.45) is 3.67. The highest BCUT2D eigenvalue weighted by molar-refractivity contribution is 6.35. The van der Waals surface area contributed by atoms with Crippen molar-refractivity contribution in [2.24, 2.45) is 0 Å². The molecule has 0 unspecified atom stereocenters. The summed E-state index contributed by atoms with van der Waals surface area (Å²) in [6, 6.07) is 23.2. The van der Waals surface area contributed by atoms with Gasteiger partial charge in [0, 0.05) is 12.1 Å². The van der Waals surface area contributed by atoms with E-state index in [1.54, 1.807) is 48.5 Å². The van der Waals surface area contributed by atoms with Crippen LogP contribution in [0.4, 0.5) is 22.7 Å². The van der Waals surface area contributed by atoms with Gasteiger partial charge in [-0.25, -0.2) is 0 Å². The van der Waals surface area contributed by atoms with E-state index in [9.17, 15) is 20.2 Å². The monoisotopic (exact) mass is 640 g/mol. The fraction of sp³-hybridized carbons (Fsp3) is 0. The Morgan fingerprint density at radius 2 is 0.909 bits per heavy atom. The number of nitrogen functional groups attached to an aromatic ring is 2. The highest BCUT2D eigenvalue weighted by Gasteiger charge is 2.19. The predicted octanol–water partition coefficient (Wildman–Crippen LogP) is 7.99. The number of carbonyl (C=O) groups excluding carboxylic acids is 2. The quantitative estimate of drug-likeness (QED) is 0.0626. The van der Waals surface area contributed by atoms with Gasteiger partial charge in [0.1, 0.15) is 57.0 Å². The van der Waals surface area contributed by atoms with Gasteiger partial charge in [-0.05, 0) is 48.6 Å². The number of carbonyl (C=O) groups is 2. The summed E-state index contributed by atoms with van der Waals surface area (Å²) in [4.78, 5) is 38.3. The number of nitro groups is 2. The van der Waals surface area contributed by atoms with Gasteiger partial charge in [-0.15, -0.1) is 0 Å². The zero-order chi connectivity index (χ0) is 33.1. The van der Waals surface area contributed by atoms with Crippen molar-refractivity contribution in [1.82, 2.24) is 0 Å². The van der Waals surface area contributed by atoms with Crippen molar-refractivity contribution in [2.45, 2.75) is 0 Å². The van der Waals surface area contributed by atoms with Gasteiger partial charge in [-0.1, -0.05) is 72.8 Å². The molecular weight excluding hydrogens is 615 g/mol. The summed E-state index contributed by atoms with van der Waals surface area (Å²) in [6.45, 7) is 6.22. The van der Waals surface area contributed by atoms with E-state index in [1.807, 2.05) is 12.1 Å². The Hall–Kier alpha value is -5.72. The summed E-state index contributed by atoms with van der Waals surface area (Å²) in [5.41, 5.74) is 10.5. The molecule has 0 aliphatic heterocycles. The summed E-state index contributed by atoms with van der Waals surface area (Å²) < 4.78 is 11.0. The lowest BCUT2D eigenvalue weighted by Crippen LogP contribution is -1.97. The molecular formula is C30H26Cl2N4O8. The Morgan fingerprint density at radius 1 is 0.614 bits per heavy atom. The fourth-order valence-corrected chi connectivity index (χ4v) is 3.23. The van der Waals surface area contributed by atoms with Crippen molar-refractivity contribution >= 4 is 58.5 Å². The van der Waals surface area contributed by atoms with Crippen molar-refractivity contribution in [3.05, 3.63) is 141 Å². The van der Waals surface area contributed by atoms with Crippen LogP contribution in [0, 0.1) is 20.2 Å². The average molecular weight is 641 g/mol. The Labute approximate surface area is 262 Å². The topological polar surface area (TPSA) is 191 Å². The van der Waals surface area contributed by atoms with Crippen LogP contribution in [0.1, 0.15) is 0 Å². The minimum atomic E-state index is -0.590. The third-order valence-corrected chi connectivity index (χ3v) is 5.55. The first kappa shape index (κ1) is 36.3. The highest BCUT2D eigenvalue weighted by atomic mass is 35.5. The molecule has 0 aromatic heterocycles. The molecule has 0 spiro atoms. The van der Waals surface area contributed by atoms with Crippen LogP contribution < -0.4 is 20.9 Å². The van der Waals surface area contributed by atoms with E-state index in [1.165, 1.54) is 36.4 Å². The first-order valence-corrected chi connectivity index (χ1v) is 12.8. The van der Waals surface area contributed by atoms with Gasteiger partial charge < -0.3 is 20.9 Å². The van der Waals surface area contributed by atoms with Gasteiger partial charge in [0.2, 0.25) is 0 Å². The molecule has 0 amide bonds. The standard InChI is InChI=1S/2C12H9ClN2O3.2C3H4O/c2*13-11-10(18-8-4-2-1-3-5-8)7-6-9(12(11)14)15(16)17;2*1-2-3-4/h2*1-7H,14H2;2*2-3H,1H2. The van der Waals surface area contributed by atoms with Gasteiger partial charge in [0.05, 0.1) is 9.85 Å². The van der Waals surface area contributed by atoms with Gasteiger partial charge in [-0.2, -0.15) is 0 Å². The molecule has 44 heavy (non-hydrogen) atoms. The van der Waals surface area contributed by atoms with E-state index in [4.69, 9.17) is 53.7 Å². The lowest BCUT2D eigenvalue weighted by Gasteiger charge is -2.09. The van der Waals surface area contributed by atoms with E-state index in [-0.39, 0.29) is 44.3 Å². The lowest BCUT2D eigenvalue weighted by atomic mass is 10.2. The molecule has 0 fully saturated rings. The number of para-hydroxylation sites is 2. The van der Waals surface area contributed by atoms with Crippen molar-refractivity contribution in [3.8, 4) is 23.0 Å². The molecule has 0 atom stereocenters. The summed E-state index contributed by atoms with van der Waals surface area (Å²) in [5, 5.41) is 21.4. The Balaban J connectivity index is 0.000000355. The molecule has 4 aromatic carbocycles. The molecule has 4 rings (SSSR count). The summed E-state index contributed by atoms with van der Waals surface area (Å²) in [5.74, 6) is 1.72. The molecule has 0 saturated carbocycles. The molecule has 0 saturated heterocycles. The average Bonchev–Trinajstić information content (AvgIpc) is 3.03. The maximum atomic E-state index is 10.7. The number of rotatable bonds is 8. The van der Waals surface area contributed by atoms with Crippen molar-refractivity contribution in [2.75, 3.05) is 11.5 Å². The normalized spacial score (nSPS) is 9.14. The SMILES string of the molecule is C=CC=O.C=CC=O.Nc1c([N+](=O)[O-])ccc(Oc2ccccc2)c1Cl.Nc1c([N+](=O)[O-])ccc(Oc2ccccc2)c1Cl. The smallest absolute Gasteiger partial charge is 0.293 e. The maximum absolute atomic E-state index is 10.7. The molecule has 0 aliphatic carbocycles. The van der Waals surface area contributed by atoms with Crippen molar-refractivity contribution < 1.29 is 28.9 Å². The second-order valence-electron chi connectivity index (χ2n) is 7.71. The van der Waals surface area contributed by atoms with E-state index in [2.05, 4.69) is 13.2 Å². The number of hydrogen-bond donors (Lipinski definition) is 2. The number of ether oxygens (including phenoxy) is 2. The number of nitrogens with two attached hydrogens (primary N) is 2. The van der Waals surface area contributed by atoms with Crippen LogP contribution in [-0.4, -0.2) is 22.4 Å². The van der Waals surface area contributed by atoms with Crippen molar-refractivity contribution in [3.63, 3.8) is 0 Å². The number of aldehydes is 2. The predicted molar refractivity (Wildman–Crippen MR) is 171 cm³/mol. The van der Waals surface area contributed by atoms with Crippen LogP contribution in [-0.2, 0) is 9.59 Å². The summed E-state index contributed by atoms with van der Waals surface area (Å²) in [7, 11) is 0. The van der Waals surface area contributed by atoms with E-state index >= 15 is 0 Å². The second-order valence-corrected chi connectivity index (χ2v) is 8.46. The molecule has 0 radical (unpaired) electrons. The largest absolute Gasteiger partial charge is 0.456 e. The Bertz CT molecular complexity index is 1460. The minimum absolute atomic E-state index is 0.0352. The zero-order valence-corrected chi connectivity index (χ0v) is 24.4. The third-order valence-electron chi connectivity index (χ3n) is 4.77. The van der Waals surface area contributed by atoms with Gasteiger partial charge in [0.25, 0.3) is 11.4 Å². The van der Waals surface area contributed by atoms with Crippen LogP contribution >= 0.6 is 23.2 Å². The molecule has 0 heterocycles. The highest BCUT2D eigenvalue weighted by Crippen LogP contribution is 2.40. The molecule has 0 aliphatic rings. The van der Waals surface area contributed by atoms with Gasteiger partial charge in [0.15, 0.2) is 0 Å². The molecule has 14 heteroatoms. The van der Waals surface area contributed by atoms with Crippen LogP contribution in [0.15, 0.2) is 110 Å². The first-order chi connectivity index (χ1) is 21.0.